The summed E-state index contributed by atoms with van der Waals surface area (Å²) in [5, 5.41) is 3.65. The van der Waals surface area contributed by atoms with E-state index in [0.717, 1.165) is 16.9 Å². The first-order chi connectivity index (χ1) is 11.9. The van der Waals surface area contributed by atoms with Crippen molar-refractivity contribution in [1.29, 1.82) is 0 Å². The molecule has 0 aliphatic heterocycles. The van der Waals surface area contributed by atoms with E-state index < -0.39 is 0 Å². The van der Waals surface area contributed by atoms with Crippen molar-refractivity contribution in [2.24, 2.45) is 0 Å². The van der Waals surface area contributed by atoms with Crippen LogP contribution in [0.2, 0.25) is 5.02 Å². The fraction of sp³-hybridized carbons (Fsp3) is 0.286. The second-order valence-electron chi connectivity index (χ2n) is 6.66. The van der Waals surface area contributed by atoms with Crippen LogP contribution in [0.4, 0.5) is 0 Å². The Hall–Kier alpha value is -1.71. The minimum Gasteiger partial charge on any atom is -0.351 e. The van der Waals surface area contributed by atoms with Crippen LogP contribution in [0, 0.1) is 0 Å². The lowest BCUT2D eigenvalue weighted by molar-refractivity contribution is -0.115. The molecule has 132 valence electrons. The maximum Gasteiger partial charge on any atom is 0.251 e. The molecule has 0 spiro atoms. The quantitative estimate of drug-likeness (QED) is 0.410. The Kier molecular flexibility index (Phi) is 7.15. The minimum atomic E-state index is -0.0828. The number of carbonyl (C=O) groups excluding carboxylic acids is 1. The molecule has 2 nitrogen and oxygen atoms in total. The van der Waals surface area contributed by atoms with Gasteiger partial charge in [0.2, 0.25) is 0 Å². The van der Waals surface area contributed by atoms with E-state index in [9.17, 15) is 4.79 Å². The van der Waals surface area contributed by atoms with Crippen molar-refractivity contribution in [3.8, 4) is 0 Å². The highest BCUT2D eigenvalue weighted by Crippen LogP contribution is 2.24. The summed E-state index contributed by atoms with van der Waals surface area (Å²) in [4.78, 5) is 12.8. The van der Waals surface area contributed by atoms with Crippen LogP contribution in [0.5, 0.6) is 0 Å². The third-order valence-corrected chi connectivity index (χ3v) is 5.08. The van der Waals surface area contributed by atoms with Crippen LogP contribution in [-0.4, -0.2) is 23.0 Å². The number of hydrogen-bond acceptors (Lipinski definition) is 2. The van der Waals surface area contributed by atoms with E-state index in [4.69, 9.17) is 11.6 Å². The highest BCUT2D eigenvalue weighted by molar-refractivity contribution is 8.00. The molecule has 0 heterocycles. The average molecular weight is 374 g/mol. The van der Waals surface area contributed by atoms with E-state index in [2.05, 4.69) is 26.1 Å². The van der Waals surface area contributed by atoms with Gasteiger partial charge in [0.05, 0.1) is 0 Å². The fourth-order valence-corrected chi connectivity index (χ4v) is 3.27. The zero-order valence-corrected chi connectivity index (χ0v) is 16.5. The molecule has 0 saturated heterocycles. The summed E-state index contributed by atoms with van der Waals surface area (Å²) in [6, 6.07) is 17.2. The molecule has 2 rings (SSSR count). The number of benzene rings is 2. The molecule has 0 aliphatic carbocycles. The van der Waals surface area contributed by atoms with Crippen LogP contribution >= 0.6 is 23.4 Å². The monoisotopic (exact) mass is 373 g/mol. The Morgan fingerprint density at radius 2 is 1.72 bits per heavy atom. The molecule has 0 aromatic heterocycles. The zero-order valence-electron chi connectivity index (χ0n) is 14.9. The highest BCUT2D eigenvalue weighted by Gasteiger charge is 2.14. The van der Waals surface area contributed by atoms with Gasteiger partial charge in [0.1, 0.15) is 0 Å². The van der Waals surface area contributed by atoms with Gasteiger partial charge in [0.25, 0.3) is 5.91 Å². The second kappa shape index (κ2) is 9.12. The fourth-order valence-electron chi connectivity index (χ4n) is 2.26. The first-order valence-corrected chi connectivity index (χ1v) is 9.67. The van der Waals surface area contributed by atoms with Gasteiger partial charge < -0.3 is 5.32 Å². The molecule has 0 aliphatic rings. The van der Waals surface area contributed by atoms with Gasteiger partial charge in [-0.15, -0.1) is 0 Å². The summed E-state index contributed by atoms with van der Waals surface area (Å²) in [6.07, 6.45) is 1.85. The van der Waals surface area contributed by atoms with Gasteiger partial charge in [0.15, 0.2) is 0 Å². The van der Waals surface area contributed by atoms with Gasteiger partial charge in [-0.05, 0) is 23.3 Å². The van der Waals surface area contributed by atoms with Crippen LogP contribution in [-0.2, 0) is 4.79 Å². The van der Waals surface area contributed by atoms with Gasteiger partial charge in [-0.25, -0.2) is 0 Å². The number of thioether (sulfide) groups is 1. The van der Waals surface area contributed by atoms with Gasteiger partial charge in [-0.1, -0.05) is 80.9 Å². The van der Waals surface area contributed by atoms with Crippen molar-refractivity contribution in [2.75, 3.05) is 12.3 Å². The van der Waals surface area contributed by atoms with Crippen molar-refractivity contribution in [2.45, 2.75) is 25.5 Å². The van der Waals surface area contributed by atoms with E-state index in [-0.39, 0.29) is 10.7 Å². The maximum atomic E-state index is 12.8. The lowest BCUT2D eigenvalue weighted by Gasteiger charge is -2.17. The Bertz CT molecular complexity index is 735. The number of carbonyl (C=O) groups is 1. The summed E-state index contributed by atoms with van der Waals surface area (Å²) in [6.45, 7) is 7.15. The Balaban J connectivity index is 2.18. The van der Waals surface area contributed by atoms with Crippen molar-refractivity contribution in [1.82, 2.24) is 5.32 Å². The number of rotatable bonds is 6. The maximum absolute atomic E-state index is 12.8. The van der Waals surface area contributed by atoms with Gasteiger partial charge >= 0.3 is 0 Å². The SMILES string of the molecule is CC(C)(C)SCCNC(=O)/C(=C/c1ccccc1Cl)c1ccccc1. The van der Waals surface area contributed by atoms with Crippen LogP contribution in [0.25, 0.3) is 11.6 Å². The summed E-state index contributed by atoms with van der Waals surface area (Å²) in [5.74, 6) is 0.796. The summed E-state index contributed by atoms with van der Waals surface area (Å²) in [5.41, 5.74) is 2.33. The minimum absolute atomic E-state index is 0.0828. The van der Waals surface area contributed by atoms with E-state index in [1.807, 2.05) is 72.4 Å². The molecular formula is C21H24ClNOS. The van der Waals surface area contributed by atoms with Crippen LogP contribution < -0.4 is 5.32 Å². The predicted molar refractivity (Wildman–Crippen MR) is 111 cm³/mol. The van der Waals surface area contributed by atoms with Crippen LogP contribution in [0.15, 0.2) is 54.6 Å². The number of nitrogens with one attached hydrogen (secondary N) is 1. The average Bonchev–Trinajstić information content (AvgIpc) is 2.58. The molecule has 2 aromatic carbocycles. The highest BCUT2D eigenvalue weighted by atomic mass is 35.5. The van der Waals surface area contributed by atoms with Crippen LogP contribution in [0.3, 0.4) is 0 Å². The molecule has 4 heteroatoms. The van der Waals surface area contributed by atoms with E-state index in [0.29, 0.717) is 17.1 Å². The number of hydrogen-bond donors (Lipinski definition) is 1. The molecule has 0 atom stereocenters. The molecule has 25 heavy (non-hydrogen) atoms. The van der Waals surface area contributed by atoms with E-state index in [1.165, 1.54) is 0 Å². The number of amides is 1. The molecule has 2 aromatic rings. The Labute approximate surface area is 159 Å². The molecule has 0 bridgehead atoms. The summed E-state index contributed by atoms with van der Waals surface area (Å²) in [7, 11) is 0. The van der Waals surface area contributed by atoms with Gasteiger partial charge in [-0.2, -0.15) is 11.8 Å². The molecule has 1 N–H and O–H groups in total. The first kappa shape index (κ1) is 19.6. The molecule has 0 saturated carbocycles. The second-order valence-corrected chi connectivity index (χ2v) is 8.99. The smallest absolute Gasteiger partial charge is 0.251 e. The van der Waals surface area contributed by atoms with Gasteiger partial charge in [0, 0.05) is 27.6 Å². The normalized spacial score (nSPS) is 12.1. The molecular weight excluding hydrogens is 350 g/mol. The Morgan fingerprint density at radius 3 is 2.36 bits per heavy atom. The molecule has 1 amide bonds. The van der Waals surface area contributed by atoms with Crippen molar-refractivity contribution >= 4 is 40.9 Å². The molecule has 0 fully saturated rings. The predicted octanol–water partition coefficient (Wildman–Crippen LogP) is 5.53. The summed E-state index contributed by atoms with van der Waals surface area (Å²) < 4.78 is 0.195. The van der Waals surface area contributed by atoms with Crippen molar-refractivity contribution in [3.63, 3.8) is 0 Å². The van der Waals surface area contributed by atoms with Crippen molar-refractivity contribution in [3.05, 3.63) is 70.7 Å². The van der Waals surface area contributed by atoms with Crippen molar-refractivity contribution < 1.29 is 4.79 Å². The largest absolute Gasteiger partial charge is 0.351 e. The van der Waals surface area contributed by atoms with Crippen LogP contribution in [0.1, 0.15) is 31.9 Å². The topological polar surface area (TPSA) is 29.1 Å². The third-order valence-electron chi connectivity index (χ3n) is 3.46. The standard InChI is InChI=1S/C21H24ClNOS/c1-21(2,3)25-14-13-23-20(24)18(16-9-5-4-6-10-16)15-17-11-7-8-12-19(17)22/h4-12,15H,13-14H2,1-3H3,(H,23,24)/b18-15+. The summed E-state index contributed by atoms with van der Waals surface area (Å²) >= 11 is 8.09. The third kappa shape index (κ3) is 6.60. The molecule has 0 unspecified atom stereocenters. The Morgan fingerprint density at radius 1 is 1.08 bits per heavy atom. The van der Waals surface area contributed by atoms with Gasteiger partial charge in [-0.3, -0.25) is 4.79 Å². The lowest BCUT2D eigenvalue weighted by atomic mass is 10.0. The lowest BCUT2D eigenvalue weighted by Crippen LogP contribution is -2.27. The first-order valence-electron chi connectivity index (χ1n) is 8.30. The number of halogens is 1. The zero-order chi connectivity index (χ0) is 18.3. The van der Waals surface area contributed by atoms with E-state index >= 15 is 0 Å². The van der Waals surface area contributed by atoms with E-state index in [1.54, 1.807) is 0 Å². The molecule has 0 radical (unpaired) electrons.